The first-order valence-electron chi connectivity index (χ1n) is 9.47. The summed E-state index contributed by atoms with van der Waals surface area (Å²) in [5.74, 6) is -0.347. The highest BCUT2D eigenvalue weighted by molar-refractivity contribution is 5.95. The van der Waals surface area contributed by atoms with Gasteiger partial charge < -0.3 is 9.64 Å². The molecule has 0 spiro atoms. The van der Waals surface area contributed by atoms with E-state index in [0.29, 0.717) is 31.8 Å². The highest BCUT2D eigenvalue weighted by atomic mass is 16.5. The summed E-state index contributed by atoms with van der Waals surface area (Å²) >= 11 is 0. The van der Waals surface area contributed by atoms with E-state index in [1.807, 2.05) is 17.0 Å². The van der Waals surface area contributed by atoms with Gasteiger partial charge in [0.1, 0.15) is 0 Å². The fourth-order valence-corrected chi connectivity index (χ4v) is 3.52. The normalized spacial score (nSPS) is 14.0. The first-order chi connectivity index (χ1) is 13.7. The topological polar surface area (TPSA) is 49.9 Å². The molecule has 0 aromatic heterocycles. The Morgan fingerprint density at radius 1 is 0.964 bits per heavy atom. The Labute approximate surface area is 164 Å². The maximum Gasteiger partial charge on any atom is 0.338 e. The lowest BCUT2D eigenvalue weighted by atomic mass is 10.1. The minimum atomic E-state index is -0.347. The van der Waals surface area contributed by atoms with E-state index in [1.165, 1.54) is 10.8 Å². The van der Waals surface area contributed by atoms with E-state index < -0.39 is 0 Å². The molecule has 0 saturated carbocycles. The number of hydrogen-bond donors (Lipinski definition) is 0. The first kappa shape index (κ1) is 18.0. The average molecular weight is 374 g/mol. The van der Waals surface area contributed by atoms with Crippen molar-refractivity contribution >= 4 is 28.5 Å². The first-order valence-corrected chi connectivity index (χ1v) is 9.47. The Morgan fingerprint density at radius 2 is 1.71 bits per heavy atom. The van der Waals surface area contributed by atoms with Crippen LogP contribution in [0.25, 0.3) is 10.8 Å². The number of carbonyl (C=O) groups is 2. The van der Waals surface area contributed by atoms with Gasteiger partial charge in [0.15, 0.2) is 0 Å². The van der Waals surface area contributed by atoms with Gasteiger partial charge in [-0.3, -0.25) is 4.90 Å². The second-order valence-electron chi connectivity index (χ2n) is 6.80. The van der Waals surface area contributed by atoms with E-state index >= 15 is 0 Å². The molecule has 2 amide bonds. The summed E-state index contributed by atoms with van der Waals surface area (Å²) in [6, 6.07) is 21.5. The van der Waals surface area contributed by atoms with Gasteiger partial charge in [0.2, 0.25) is 0 Å². The zero-order valence-corrected chi connectivity index (χ0v) is 15.8. The smallest absolute Gasteiger partial charge is 0.338 e. The SMILES string of the molecule is CCOC(=O)c1ccc(N2CCN(Cc3ccc4ccccc4c3)C2=O)cc1. The van der Waals surface area contributed by atoms with Crippen LogP contribution < -0.4 is 4.90 Å². The van der Waals surface area contributed by atoms with Gasteiger partial charge in [-0.1, -0.05) is 36.4 Å². The monoisotopic (exact) mass is 374 g/mol. The molecule has 4 rings (SSSR count). The zero-order valence-electron chi connectivity index (χ0n) is 15.8. The summed E-state index contributed by atoms with van der Waals surface area (Å²) < 4.78 is 5.00. The molecule has 3 aromatic rings. The van der Waals surface area contributed by atoms with Crippen LogP contribution in [0.5, 0.6) is 0 Å². The van der Waals surface area contributed by atoms with Crippen LogP contribution in [0.3, 0.4) is 0 Å². The Kier molecular flexibility index (Phi) is 4.98. The quantitative estimate of drug-likeness (QED) is 0.620. The molecule has 0 aliphatic carbocycles. The molecule has 0 atom stereocenters. The molecule has 5 heteroatoms. The maximum absolute atomic E-state index is 12.9. The second kappa shape index (κ2) is 7.72. The summed E-state index contributed by atoms with van der Waals surface area (Å²) in [6.45, 7) is 4.01. The van der Waals surface area contributed by atoms with Gasteiger partial charge in [-0.15, -0.1) is 0 Å². The average Bonchev–Trinajstić information content (AvgIpc) is 3.08. The molecule has 0 radical (unpaired) electrons. The summed E-state index contributed by atoms with van der Waals surface area (Å²) in [6.07, 6.45) is 0. The van der Waals surface area contributed by atoms with Gasteiger partial charge in [0.25, 0.3) is 0 Å². The lowest BCUT2D eigenvalue weighted by Gasteiger charge is -2.19. The number of ether oxygens (including phenoxy) is 1. The van der Waals surface area contributed by atoms with Gasteiger partial charge in [0.05, 0.1) is 12.2 Å². The van der Waals surface area contributed by atoms with Crippen LogP contribution >= 0.6 is 0 Å². The van der Waals surface area contributed by atoms with E-state index in [-0.39, 0.29) is 12.0 Å². The number of rotatable bonds is 5. The molecule has 5 nitrogen and oxygen atoms in total. The largest absolute Gasteiger partial charge is 0.462 e. The van der Waals surface area contributed by atoms with Crippen molar-refractivity contribution in [3.05, 3.63) is 77.9 Å². The van der Waals surface area contributed by atoms with Gasteiger partial charge in [-0.05, 0) is 53.6 Å². The fourth-order valence-electron chi connectivity index (χ4n) is 3.52. The van der Waals surface area contributed by atoms with Crippen molar-refractivity contribution in [1.29, 1.82) is 0 Å². The number of amides is 2. The van der Waals surface area contributed by atoms with Crippen LogP contribution in [-0.4, -0.2) is 36.6 Å². The minimum absolute atomic E-state index is 0.0166. The highest BCUT2D eigenvalue weighted by Crippen LogP contribution is 2.23. The molecule has 0 bridgehead atoms. The number of carbonyl (C=O) groups excluding carboxylic acids is 2. The standard InChI is InChI=1S/C23H22N2O3/c1-2-28-22(26)19-9-11-21(12-10-19)25-14-13-24(23(25)27)16-17-7-8-18-5-3-4-6-20(18)15-17/h3-12,15H,2,13-14,16H2,1H3. The fraction of sp³-hybridized carbons (Fsp3) is 0.217. The van der Waals surface area contributed by atoms with E-state index in [4.69, 9.17) is 4.74 Å². The summed E-state index contributed by atoms with van der Waals surface area (Å²) in [5.41, 5.74) is 2.40. The number of benzene rings is 3. The van der Waals surface area contributed by atoms with Crippen LogP contribution in [0, 0.1) is 0 Å². The lowest BCUT2D eigenvalue weighted by molar-refractivity contribution is 0.0526. The lowest BCUT2D eigenvalue weighted by Crippen LogP contribution is -2.31. The van der Waals surface area contributed by atoms with Crippen molar-refractivity contribution in [2.75, 3.05) is 24.6 Å². The Balaban J connectivity index is 1.46. The predicted octanol–water partition coefficient (Wildman–Crippen LogP) is 4.46. The van der Waals surface area contributed by atoms with Crippen molar-refractivity contribution in [3.8, 4) is 0 Å². The maximum atomic E-state index is 12.9. The molecule has 1 fully saturated rings. The molecular weight excluding hydrogens is 352 g/mol. The van der Waals surface area contributed by atoms with E-state index in [9.17, 15) is 9.59 Å². The predicted molar refractivity (Wildman–Crippen MR) is 109 cm³/mol. The summed E-state index contributed by atoms with van der Waals surface area (Å²) in [7, 11) is 0. The van der Waals surface area contributed by atoms with Crippen LogP contribution in [0.15, 0.2) is 66.7 Å². The highest BCUT2D eigenvalue weighted by Gasteiger charge is 2.29. The number of nitrogens with zero attached hydrogens (tertiary/aromatic N) is 2. The van der Waals surface area contributed by atoms with Crippen LogP contribution in [0.4, 0.5) is 10.5 Å². The molecule has 1 heterocycles. The number of urea groups is 1. The van der Waals surface area contributed by atoms with Crippen LogP contribution in [0.1, 0.15) is 22.8 Å². The van der Waals surface area contributed by atoms with Crippen LogP contribution in [0.2, 0.25) is 0 Å². The van der Waals surface area contributed by atoms with Crippen molar-refractivity contribution in [2.24, 2.45) is 0 Å². The minimum Gasteiger partial charge on any atom is -0.462 e. The molecule has 1 saturated heterocycles. The second-order valence-corrected chi connectivity index (χ2v) is 6.80. The Morgan fingerprint density at radius 3 is 2.46 bits per heavy atom. The van der Waals surface area contributed by atoms with Crippen molar-refractivity contribution in [3.63, 3.8) is 0 Å². The third kappa shape index (κ3) is 3.56. The number of hydrogen-bond acceptors (Lipinski definition) is 3. The Bertz CT molecular complexity index is 1010. The Hall–Kier alpha value is -3.34. The van der Waals surface area contributed by atoms with E-state index in [0.717, 1.165) is 11.3 Å². The zero-order chi connectivity index (χ0) is 19.5. The number of anilines is 1. The molecule has 28 heavy (non-hydrogen) atoms. The van der Waals surface area contributed by atoms with Gasteiger partial charge in [-0.2, -0.15) is 0 Å². The molecule has 1 aliphatic heterocycles. The third-order valence-corrected chi connectivity index (χ3v) is 4.97. The molecule has 1 aliphatic rings. The van der Waals surface area contributed by atoms with Crippen molar-refractivity contribution in [2.45, 2.75) is 13.5 Å². The molecule has 3 aromatic carbocycles. The molecule has 0 unspecified atom stereocenters. The summed E-state index contributed by atoms with van der Waals surface area (Å²) in [5, 5.41) is 2.38. The molecule has 142 valence electrons. The van der Waals surface area contributed by atoms with Crippen molar-refractivity contribution in [1.82, 2.24) is 4.90 Å². The van der Waals surface area contributed by atoms with Gasteiger partial charge >= 0.3 is 12.0 Å². The van der Waals surface area contributed by atoms with Gasteiger partial charge in [0, 0.05) is 25.3 Å². The molecule has 0 N–H and O–H groups in total. The van der Waals surface area contributed by atoms with E-state index in [2.05, 4.69) is 30.3 Å². The third-order valence-electron chi connectivity index (χ3n) is 4.97. The van der Waals surface area contributed by atoms with Crippen molar-refractivity contribution < 1.29 is 14.3 Å². The van der Waals surface area contributed by atoms with Gasteiger partial charge in [-0.25, -0.2) is 9.59 Å². The molecular formula is C23H22N2O3. The number of fused-ring (bicyclic) bond motifs is 1. The summed E-state index contributed by atoms with van der Waals surface area (Å²) in [4.78, 5) is 28.2. The number of esters is 1. The van der Waals surface area contributed by atoms with E-state index in [1.54, 1.807) is 36.1 Å². The van der Waals surface area contributed by atoms with Crippen LogP contribution in [-0.2, 0) is 11.3 Å².